The molecule has 0 radical (unpaired) electrons. The number of nitrogens with zero attached hydrogens (tertiary/aromatic N) is 3. The van der Waals surface area contributed by atoms with Crippen molar-refractivity contribution in [2.24, 2.45) is 5.92 Å². The van der Waals surface area contributed by atoms with Crippen molar-refractivity contribution < 1.29 is 23.9 Å². The van der Waals surface area contributed by atoms with Crippen LogP contribution in [0.5, 0.6) is 5.75 Å². The first kappa shape index (κ1) is 27.4. The second-order valence-corrected chi connectivity index (χ2v) is 10.7. The van der Waals surface area contributed by atoms with Gasteiger partial charge >= 0.3 is 6.09 Å². The third-order valence-corrected chi connectivity index (χ3v) is 7.39. The maximum atomic E-state index is 13.7. The molecule has 2 N–H and O–H groups in total. The molecule has 40 heavy (non-hydrogen) atoms. The van der Waals surface area contributed by atoms with E-state index in [-0.39, 0.29) is 36.6 Å². The van der Waals surface area contributed by atoms with Crippen molar-refractivity contribution in [1.82, 2.24) is 20.4 Å². The van der Waals surface area contributed by atoms with E-state index in [1.165, 1.54) is 9.80 Å². The predicted molar refractivity (Wildman–Crippen MR) is 150 cm³/mol. The maximum absolute atomic E-state index is 13.7. The van der Waals surface area contributed by atoms with Gasteiger partial charge in [0, 0.05) is 44.0 Å². The Morgan fingerprint density at radius 2 is 1.73 bits per heavy atom. The summed E-state index contributed by atoms with van der Waals surface area (Å²) in [5.74, 6) is -0.460. The SMILES string of the molecule is CC(C)CC(NC(=O)c1ccc(N2CCNCC2)cc1)C(=O)N1CC=C2C1C(=O)CN2C(=O)Oc1ccccc1. The normalized spacial score (nSPS) is 19.4. The van der Waals surface area contributed by atoms with Crippen molar-refractivity contribution in [3.05, 3.63) is 71.9 Å². The lowest BCUT2D eigenvalue weighted by molar-refractivity contribution is -0.137. The van der Waals surface area contributed by atoms with E-state index < -0.39 is 18.2 Å². The summed E-state index contributed by atoms with van der Waals surface area (Å²) in [6, 6.07) is 14.3. The molecule has 2 aromatic carbocycles. The molecule has 2 unspecified atom stereocenters. The van der Waals surface area contributed by atoms with Gasteiger partial charge in [0.1, 0.15) is 17.8 Å². The molecule has 210 valence electrons. The number of ether oxygens (including phenoxy) is 1. The van der Waals surface area contributed by atoms with Gasteiger partial charge in [-0.25, -0.2) is 4.79 Å². The van der Waals surface area contributed by atoms with Crippen LogP contribution < -0.4 is 20.3 Å². The Kier molecular flexibility index (Phi) is 8.16. The number of carbonyl (C=O) groups is 4. The fourth-order valence-corrected chi connectivity index (χ4v) is 5.41. The van der Waals surface area contributed by atoms with E-state index in [2.05, 4.69) is 15.5 Å². The van der Waals surface area contributed by atoms with E-state index in [4.69, 9.17) is 4.74 Å². The van der Waals surface area contributed by atoms with E-state index >= 15 is 0 Å². The topological polar surface area (TPSA) is 111 Å². The van der Waals surface area contributed by atoms with Crippen LogP contribution in [0.3, 0.4) is 0 Å². The highest BCUT2D eigenvalue weighted by atomic mass is 16.6. The van der Waals surface area contributed by atoms with Crippen LogP contribution in [-0.4, -0.2) is 84.8 Å². The lowest BCUT2D eigenvalue weighted by Gasteiger charge is -2.30. The van der Waals surface area contributed by atoms with Gasteiger partial charge in [-0.1, -0.05) is 32.0 Å². The van der Waals surface area contributed by atoms with E-state index in [1.807, 2.05) is 32.0 Å². The first-order chi connectivity index (χ1) is 19.3. The number of ketones is 1. The Labute approximate surface area is 233 Å². The number of fused-ring (bicyclic) bond motifs is 1. The number of likely N-dealkylation sites (tertiary alicyclic amines) is 1. The summed E-state index contributed by atoms with van der Waals surface area (Å²) >= 11 is 0. The molecule has 0 aliphatic carbocycles. The first-order valence-corrected chi connectivity index (χ1v) is 13.8. The molecule has 3 aliphatic heterocycles. The van der Waals surface area contributed by atoms with Crippen molar-refractivity contribution in [3.8, 4) is 5.75 Å². The van der Waals surface area contributed by atoms with Crippen molar-refractivity contribution in [1.29, 1.82) is 0 Å². The number of carbonyl (C=O) groups excluding carboxylic acids is 4. The number of nitrogens with one attached hydrogen (secondary N) is 2. The van der Waals surface area contributed by atoms with Crippen LogP contribution in [-0.2, 0) is 9.59 Å². The summed E-state index contributed by atoms with van der Waals surface area (Å²) in [5, 5.41) is 6.24. The molecule has 0 aromatic heterocycles. The van der Waals surface area contributed by atoms with E-state index in [0.717, 1.165) is 31.9 Å². The van der Waals surface area contributed by atoms with Crippen LogP contribution in [0.1, 0.15) is 30.6 Å². The van der Waals surface area contributed by atoms with Crippen LogP contribution >= 0.6 is 0 Å². The molecule has 3 heterocycles. The van der Waals surface area contributed by atoms with Crippen LogP contribution in [0.4, 0.5) is 10.5 Å². The molecule has 10 heteroatoms. The zero-order valence-corrected chi connectivity index (χ0v) is 22.8. The molecule has 10 nitrogen and oxygen atoms in total. The van der Waals surface area contributed by atoms with Crippen LogP contribution in [0, 0.1) is 5.92 Å². The van der Waals surface area contributed by atoms with Gasteiger partial charge in [-0.15, -0.1) is 0 Å². The number of hydrogen-bond acceptors (Lipinski definition) is 7. The van der Waals surface area contributed by atoms with Crippen LogP contribution in [0.15, 0.2) is 66.4 Å². The van der Waals surface area contributed by atoms with Gasteiger partial charge in [0.15, 0.2) is 5.78 Å². The van der Waals surface area contributed by atoms with E-state index in [9.17, 15) is 19.2 Å². The zero-order valence-electron chi connectivity index (χ0n) is 22.8. The standard InChI is InChI=1S/C30H35N5O5/c1-20(2)18-24(32-28(37)21-8-10-22(11-9-21)33-16-13-31-14-17-33)29(38)34-15-12-25-27(34)26(36)19-35(25)30(39)40-23-6-4-3-5-7-23/h3-12,20,24,27,31H,13-19H2,1-2H3,(H,32,37). The number of hydrogen-bond donors (Lipinski definition) is 2. The van der Waals surface area contributed by atoms with Gasteiger partial charge < -0.3 is 25.2 Å². The first-order valence-electron chi connectivity index (χ1n) is 13.8. The highest BCUT2D eigenvalue weighted by Gasteiger charge is 2.48. The van der Waals surface area contributed by atoms with Gasteiger partial charge in [-0.3, -0.25) is 19.3 Å². The lowest BCUT2D eigenvalue weighted by Crippen LogP contribution is -2.52. The molecule has 0 spiro atoms. The molecule has 2 atom stereocenters. The average Bonchev–Trinajstić information content (AvgIpc) is 3.54. The highest BCUT2D eigenvalue weighted by molar-refractivity contribution is 6.02. The number of Topliss-reactive ketones (excluding diaryl/α,β-unsaturated/α-hetero) is 1. The monoisotopic (exact) mass is 545 g/mol. The molecule has 0 saturated carbocycles. The quantitative estimate of drug-likeness (QED) is 0.550. The largest absolute Gasteiger partial charge is 0.419 e. The summed E-state index contributed by atoms with van der Waals surface area (Å²) in [4.78, 5) is 57.8. The van der Waals surface area contributed by atoms with Gasteiger partial charge in [-0.05, 0) is 54.8 Å². The number of anilines is 1. The second kappa shape index (κ2) is 11.9. The van der Waals surface area contributed by atoms with Gasteiger partial charge in [0.2, 0.25) is 5.91 Å². The van der Waals surface area contributed by atoms with Crippen molar-refractivity contribution in [3.63, 3.8) is 0 Å². The van der Waals surface area contributed by atoms with Crippen molar-refractivity contribution in [2.75, 3.05) is 44.2 Å². The summed E-state index contributed by atoms with van der Waals surface area (Å²) in [6.07, 6.45) is 1.46. The zero-order chi connectivity index (χ0) is 28.2. The Bertz CT molecular complexity index is 1290. The molecular weight excluding hydrogens is 510 g/mol. The summed E-state index contributed by atoms with van der Waals surface area (Å²) in [6.45, 7) is 7.60. The molecule has 2 saturated heterocycles. The number of amides is 3. The fraction of sp³-hybridized carbons (Fsp3) is 0.400. The van der Waals surface area contributed by atoms with Crippen molar-refractivity contribution >= 4 is 29.4 Å². The van der Waals surface area contributed by atoms with Crippen LogP contribution in [0.2, 0.25) is 0 Å². The fourth-order valence-electron chi connectivity index (χ4n) is 5.41. The molecule has 3 aliphatic rings. The molecule has 3 amide bonds. The van der Waals surface area contributed by atoms with E-state index in [1.54, 1.807) is 42.5 Å². The summed E-state index contributed by atoms with van der Waals surface area (Å²) < 4.78 is 5.43. The Morgan fingerprint density at radius 1 is 1.02 bits per heavy atom. The minimum absolute atomic E-state index is 0.121. The Balaban J connectivity index is 1.26. The molecule has 5 rings (SSSR count). The lowest BCUT2D eigenvalue weighted by atomic mass is 10.0. The average molecular weight is 546 g/mol. The second-order valence-electron chi connectivity index (χ2n) is 10.7. The van der Waals surface area contributed by atoms with Gasteiger partial charge in [0.05, 0.1) is 12.2 Å². The highest BCUT2D eigenvalue weighted by Crippen LogP contribution is 2.31. The summed E-state index contributed by atoms with van der Waals surface area (Å²) in [5.41, 5.74) is 1.96. The van der Waals surface area contributed by atoms with E-state index in [0.29, 0.717) is 23.4 Å². The third-order valence-electron chi connectivity index (χ3n) is 7.39. The number of rotatable bonds is 7. The summed E-state index contributed by atoms with van der Waals surface area (Å²) in [7, 11) is 0. The Hall–Kier alpha value is -4.18. The smallest absolute Gasteiger partial charge is 0.410 e. The predicted octanol–water partition coefficient (Wildman–Crippen LogP) is 2.42. The third kappa shape index (κ3) is 5.86. The number of benzene rings is 2. The molecular formula is C30H35N5O5. The van der Waals surface area contributed by atoms with Crippen LogP contribution in [0.25, 0.3) is 0 Å². The molecule has 2 aromatic rings. The minimum Gasteiger partial charge on any atom is -0.410 e. The van der Waals surface area contributed by atoms with Crippen molar-refractivity contribution in [2.45, 2.75) is 32.4 Å². The molecule has 0 bridgehead atoms. The maximum Gasteiger partial charge on any atom is 0.419 e. The number of para-hydroxylation sites is 1. The number of piperazine rings is 1. The minimum atomic E-state index is -0.874. The van der Waals surface area contributed by atoms with Gasteiger partial charge in [-0.2, -0.15) is 0 Å². The Morgan fingerprint density at radius 3 is 2.40 bits per heavy atom. The molecule has 2 fully saturated rings. The van der Waals surface area contributed by atoms with Gasteiger partial charge in [0.25, 0.3) is 5.91 Å².